The molecule has 1 aliphatic heterocycles. The van der Waals surface area contributed by atoms with Crippen LogP contribution in [-0.2, 0) is 19.6 Å². The molecule has 162 valence electrons. The fourth-order valence-electron chi connectivity index (χ4n) is 4.14. The van der Waals surface area contributed by atoms with Crippen LogP contribution in [-0.4, -0.2) is 46.6 Å². The van der Waals surface area contributed by atoms with E-state index >= 15 is 0 Å². The second-order valence-corrected chi connectivity index (χ2v) is 8.09. The van der Waals surface area contributed by atoms with Gasteiger partial charge in [-0.25, -0.2) is 4.98 Å². The fraction of sp³-hybridized carbons (Fsp3) is 0.360. The summed E-state index contributed by atoms with van der Waals surface area (Å²) in [5.41, 5.74) is 2.64. The first-order valence-electron chi connectivity index (χ1n) is 11.1. The van der Waals surface area contributed by atoms with Crippen molar-refractivity contribution < 1.29 is 0 Å². The molecule has 1 atom stereocenters. The number of aliphatic imine (C=N–C) groups is 1. The third-order valence-electron chi connectivity index (χ3n) is 5.73. The van der Waals surface area contributed by atoms with Crippen LogP contribution in [0.5, 0.6) is 0 Å². The van der Waals surface area contributed by atoms with Gasteiger partial charge >= 0.3 is 0 Å². The lowest BCUT2D eigenvalue weighted by Crippen LogP contribution is -2.50. The first-order chi connectivity index (χ1) is 15.3. The molecule has 0 spiro atoms. The quantitative estimate of drug-likeness (QED) is 0.459. The van der Waals surface area contributed by atoms with Crippen LogP contribution in [0.1, 0.15) is 29.8 Å². The number of nitrogens with zero attached hydrogens (tertiary/aromatic N) is 4. The van der Waals surface area contributed by atoms with Gasteiger partial charge in [0.1, 0.15) is 5.82 Å². The van der Waals surface area contributed by atoms with Crippen molar-refractivity contribution in [2.75, 3.05) is 20.1 Å². The van der Waals surface area contributed by atoms with Gasteiger partial charge in [-0.05, 0) is 30.5 Å². The average Bonchev–Trinajstić information content (AvgIpc) is 3.25. The first kappa shape index (κ1) is 21.1. The topological polar surface area (TPSA) is 57.5 Å². The van der Waals surface area contributed by atoms with Crippen LogP contribution in [0.3, 0.4) is 0 Å². The normalized spacial score (nSPS) is 17.5. The van der Waals surface area contributed by atoms with Crippen molar-refractivity contribution >= 4 is 5.96 Å². The number of piperidine rings is 1. The molecular weight excluding hydrogens is 384 g/mol. The molecule has 2 heterocycles. The van der Waals surface area contributed by atoms with Gasteiger partial charge in [0.15, 0.2) is 5.96 Å². The lowest BCUT2D eigenvalue weighted by molar-refractivity contribution is 0.192. The Morgan fingerprint density at radius 2 is 1.74 bits per heavy atom. The summed E-state index contributed by atoms with van der Waals surface area (Å²) < 4.78 is 2.18. The van der Waals surface area contributed by atoms with Gasteiger partial charge in [-0.3, -0.25) is 9.89 Å². The molecule has 1 fully saturated rings. The maximum atomic E-state index is 4.53. The zero-order chi connectivity index (χ0) is 21.3. The highest BCUT2D eigenvalue weighted by Gasteiger charge is 2.21. The Morgan fingerprint density at radius 3 is 2.45 bits per heavy atom. The standard InChI is InChI=1S/C25H32N6/c1-26-25(28-17-24-27-14-16-31(24)19-22-11-6-3-7-12-22)29-23-13-8-15-30(20-23)18-21-9-4-2-5-10-21/h2-7,9-12,14,16,23H,8,13,15,17-20H2,1H3,(H2,26,28,29). The van der Waals surface area contributed by atoms with Crippen molar-refractivity contribution in [1.29, 1.82) is 0 Å². The molecule has 6 heteroatoms. The lowest BCUT2D eigenvalue weighted by Gasteiger charge is -2.34. The van der Waals surface area contributed by atoms with E-state index in [4.69, 9.17) is 0 Å². The number of imidazole rings is 1. The van der Waals surface area contributed by atoms with Crippen molar-refractivity contribution in [3.05, 3.63) is 90.0 Å². The minimum atomic E-state index is 0.396. The average molecular weight is 417 g/mol. The Hall–Kier alpha value is -3.12. The molecule has 6 nitrogen and oxygen atoms in total. The number of aromatic nitrogens is 2. The second kappa shape index (κ2) is 10.8. The van der Waals surface area contributed by atoms with Gasteiger partial charge in [0.05, 0.1) is 6.54 Å². The summed E-state index contributed by atoms with van der Waals surface area (Å²) in [7, 11) is 1.83. The second-order valence-electron chi connectivity index (χ2n) is 8.09. The maximum absolute atomic E-state index is 4.53. The summed E-state index contributed by atoms with van der Waals surface area (Å²) in [6.45, 7) is 4.64. The van der Waals surface area contributed by atoms with E-state index in [9.17, 15) is 0 Å². The van der Waals surface area contributed by atoms with E-state index in [1.807, 2.05) is 25.5 Å². The van der Waals surface area contributed by atoms with E-state index in [1.54, 1.807) is 0 Å². The molecule has 0 radical (unpaired) electrons. The number of nitrogens with one attached hydrogen (secondary N) is 2. The zero-order valence-electron chi connectivity index (χ0n) is 18.2. The minimum Gasteiger partial charge on any atom is -0.352 e. The molecule has 31 heavy (non-hydrogen) atoms. The smallest absolute Gasteiger partial charge is 0.191 e. The van der Waals surface area contributed by atoms with Crippen LogP contribution >= 0.6 is 0 Å². The molecule has 1 saturated heterocycles. The van der Waals surface area contributed by atoms with Gasteiger partial charge in [0.25, 0.3) is 0 Å². The third-order valence-corrected chi connectivity index (χ3v) is 5.73. The van der Waals surface area contributed by atoms with Gasteiger partial charge in [-0.1, -0.05) is 60.7 Å². The maximum Gasteiger partial charge on any atom is 0.191 e. The number of likely N-dealkylation sites (tertiary alicyclic amines) is 1. The number of rotatable bonds is 7. The Kier molecular flexibility index (Phi) is 7.34. The van der Waals surface area contributed by atoms with Crippen LogP contribution in [0.2, 0.25) is 0 Å². The number of guanidine groups is 1. The van der Waals surface area contributed by atoms with Gasteiger partial charge in [-0.15, -0.1) is 0 Å². The predicted octanol–water partition coefficient (Wildman–Crippen LogP) is 3.26. The fourth-order valence-corrected chi connectivity index (χ4v) is 4.14. The molecule has 1 aromatic heterocycles. The van der Waals surface area contributed by atoms with Gasteiger partial charge in [-0.2, -0.15) is 0 Å². The van der Waals surface area contributed by atoms with Crippen molar-refractivity contribution in [1.82, 2.24) is 25.1 Å². The van der Waals surface area contributed by atoms with E-state index in [2.05, 4.69) is 84.7 Å². The molecule has 0 saturated carbocycles. The summed E-state index contributed by atoms with van der Waals surface area (Å²) in [5.74, 6) is 1.84. The monoisotopic (exact) mass is 416 g/mol. The molecule has 4 rings (SSSR count). The SMILES string of the molecule is CN=C(NCc1nccn1Cc1ccccc1)NC1CCCN(Cc2ccccc2)C1. The molecule has 2 aromatic carbocycles. The zero-order valence-corrected chi connectivity index (χ0v) is 18.2. The Bertz CT molecular complexity index is 950. The van der Waals surface area contributed by atoms with E-state index in [0.29, 0.717) is 12.6 Å². The molecule has 2 N–H and O–H groups in total. The summed E-state index contributed by atoms with van der Waals surface area (Å²) >= 11 is 0. The Balaban J connectivity index is 1.29. The molecule has 3 aromatic rings. The van der Waals surface area contributed by atoms with Crippen LogP contribution in [0.4, 0.5) is 0 Å². The first-order valence-corrected chi connectivity index (χ1v) is 11.1. The van der Waals surface area contributed by atoms with Crippen molar-refractivity contribution in [2.24, 2.45) is 4.99 Å². The number of hydrogen-bond acceptors (Lipinski definition) is 3. The Morgan fingerprint density at radius 1 is 1.03 bits per heavy atom. The largest absolute Gasteiger partial charge is 0.352 e. The molecule has 1 aliphatic rings. The molecule has 0 amide bonds. The molecule has 1 unspecified atom stereocenters. The summed E-state index contributed by atoms with van der Waals surface area (Å²) in [6.07, 6.45) is 6.25. The number of hydrogen-bond donors (Lipinski definition) is 2. The lowest BCUT2D eigenvalue weighted by atomic mass is 10.0. The summed E-state index contributed by atoms with van der Waals surface area (Å²) in [6, 6.07) is 21.6. The third kappa shape index (κ3) is 6.18. The van der Waals surface area contributed by atoms with E-state index < -0.39 is 0 Å². The highest BCUT2D eigenvalue weighted by atomic mass is 15.2. The van der Waals surface area contributed by atoms with Crippen LogP contribution in [0.15, 0.2) is 78.0 Å². The van der Waals surface area contributed by atoms with Crippen molar-refractivity contribution in [3.63, 3.8) is 0 Å². The molecular formula is C25H32N6. The van der Waals surface area contributed by atoms with Crippen LogP contribution in [0.25, 0.3) is 0 Å². The van der Waals surface area contributed by atoms with E-state index in [0.717, 1.165) is 44.4 Å². The summed E-state index contributed by atoms with van der Waals surface area (Å²) in [4.78, 5) is 11.5. The van der Waals surface area contributed by atoms with E-state index in [-0.39, 0.29) is 0 Å². The highest BCUT2D eigenvalue weighted by molar-refractivity contribution is 5.79. The van der Waals surface area contributed by atoms with Gasteiger partial charge < -0.3 is 15.2 Å². The Labute approximate surface area is 185 Å². The summed E-state index contributed by atoms with van der Waals surface area (Å²) in [5, 5.41) is 7.06. The van der Waals surface area contributed by atoms with Gasteiger partial charge in [0, 0.05) is 45.1 Å². The van der Waals surface area contributed by atoms with Crippen molar-refractivity contribution in [2.45, 2.75) is 38.5 Å². The minimum absolute atomic E-state index is 0.396. The predicted molar refractivity (Wildman–Crippen MR) is 126 cm³/mol. The van der Waals surface area contributed by atoms with Crippen LogP contribution < -0.4 is 10.6 Å². The van der Waals surface area contributed by atoms with Crippen molar-refractivity contribution in [3.8, 4) is 0 Å². The molecule has 0 bridgehead atoms. The molecule has 0 aliphatic carbocycles. The highest BCUT2D eigenvalue weighted by Crippen LogP contribution is 2.14. The van der Waals surface area contributed by atoms with Crippen LogP contribution in [0, 0.1) is 0 Å². The van der Waals surface area contributed by atoms with E-state index in [1.165, 1.54) is 17.5 Å². The van der Waals surface area contributed by atoms with Gasteiger partial charge in [0.2, 0.25) is 0 Å². The number of benzene rings is 2.